The summed E-state index contributed by atoms with van der Waals surface area (Å²) in [5, 5.41) is 1.91. The first-order chi connectivity index (χ1) is 31.1. The lowest BCUT2D eigenvalue weighted by atomic mass is 9.54. The van der Waals surface area contributed by atoms with Gasteiger partial charge >= 0.3 is 0 Å². The van der Waals surface area contributed by atoms with Gasteiger partial charge in [-0.05, 0) is 84.3 Å². The molecule has 0 saturated heterocycles. The molecule has 0 N–H and O–H groups in total. The van der Waals surface area contributed by atoms with E-state index in [9.17, 15) is 0 Å². The molecule has 9 aromatic rings. The van der Waals surface area contributed by atoms with E-state index in [4.69, 9.17) is 169 Å². The Hall–Kier alpha value is -4.56. The van der Waals surface area contributed by atoms with Crippen LogP contribution in [0.5, 0.6) is 0 Å². The zero-order valence-electron chi connectivity index (χ0n) is 35.1. The molecule has 0 aliphatic rings. The van der Waals surface area contributed by atoms with Gasteiger partial charge in [-0.25, -0.2) is 0 Å². The van der Waals surface area contributed by atoms with Crippen molar-refractivity contribution in [2.75, 3.05) is 0 Å². The lowest BCUT2D eigenvalue weighted by molar-refractivity contribution is 0.669. The van der Waals surface area contributed by atoms with Crippen molar-refractivity contribution in [3.8, 4) is 44.5 Å². The molecule has 0 aliphatic carbocycles. The molecule has 66 heavy (non-hydrogen) atoms. The number of hydrogen-bond donors (Lipinski definition) is 0. The van der Waals surface area contributed by atoms with E-state index in [1.807, 2.05) is 36.4 Å². The number of hydrogen-bond acceptors (Lipinski definition) is 1. The van der Waals surface area contributed by atoms with Gasteiger partial charge in [0, 0.05) is 10.8 Å². The molecule has 9 rings (SSSR count). The van der Waals surface area contributed by atoms with E-state index in [-0.39, 0.29) is 170 Å². The number of para-hydroxylation sites is 1. The first-order valence-corrected chi connectivity index (χ1v) is 19.8. The SMILES string of the molecule is [B]c1c([B])c([B])c(-c2c([B])c([B])c([B])c([B])c2-c2c3c([B])c([B])c([B])c([B])c3c(-c3c([B])c([B])c(-c4ccc5c(c4)oc4ccccc45)c([B])c3[B])c3c([B])c([B])c([B])c([B])c23)c([B])c1[B]. The van der Waals surface area contributed by atoms with Crippen molar-refractivity contribution in [2.24, 2.45) is 0 Å². The molecule has 1 aromatic heterocycles. The van der Waals surface area contributed by atoms with Crippen molar-refractivity contribution in [3.63, 3.8) is 0 Å². The molecule has 252 valence electrons. The number of fused-ring (bicyclic) bond motifs is 5. The zero-order valence-corrected chi connectivity index (χ0v) is 35.1. The summed E-state index contributed by atoms with van der Waals surface area (Å²) in [5.41, 5.74) is -0.645. The molecule has 8 aromatic carbocycles. The fraction of sp³-hybridized carbons (Fsp3) is 0. The third kappa shape index (κ3) is 6.31. The lowest BCUT2D eigenvalue weighted by Crippen LogP contribution is -2.57. The largest absolute Gasteiger partial charge is 0.456 e. The van der Waals surface area contributed by atoms with E-state index in [0.717, 1.165) is 10.8 Å². The molecule has 42 radical (unpaired) electrons. The second kappa shape index (κ2) is 16.3. The Balaban J connectivity index is 1.53. The lowest BCUT2D eigenvalue weighted by Gasteiger charge is -2.34. The van der Waals surface area contributed by atoms with E-state index in [1.165, 1.54) is 0 Å². The van der Waals surface area contributed by atoms with Crippen molar-refractivity contribution in [3.05, 3.63) is 42.5 Å². The topological polar surface area (TPSA) is 13.1 Å². The van der Waals surface area contributed by atoms with Gasteiger partial charge in [0.1, 0.15) is 176 Å². The second-order valence-electron chi connectivity index (χ2n) is 16.1. The molecule has 22 heteroatoms. The first kappa shape index (κ1) is 46.5. The molecule has 0 bridgehead atoms. The van der Waals surface area contributed by atoms with Crippen LogP contribution in [0.15, 0.2) is 46.9 Å². The number of rotatable bonds is 4. The summed E-state index contributed by atoms with van der Waals surface area (Å²) >= 11 is 0. The van der Waals surface area contributed by atoms with Crippen LogP contribution in [0.3, 0.4) is 0 Å². The summed E-state index contributed by atoms with van der Waals surface area (Å²) < 4.78 is 6.18. The summed E-state index contributed by atoms with van der Waals surface area (Å²) in [6, 6.07) is 13.1. The van der Waals surface area contributed by atoms with Gasteiger partial charge in [0.15, 0.2) is 0 Å². The first-order valence-electron chi connectivity index (χ1n) is 19.8. The molecule has 0 aliphatic heterocycles. The normalized spacial score (nSPS) is 11.7. The maximum atomic E-state index is 7.13. The van der Waals surface area contributed by atoms with E-state index in [1.54, 1.807) is 6.07 Å². The van der Waals surface area contributed by atoms with Gasteiger partial charge < -0.3 is 4.42 Å². The fourth-order valence-electron chi connectivity index (χ4n) is 9.20. The Morgan fingerprint density at radius 2 is 0.515 bits per heavy atom. The van der Waals surface area contributed by atoms with Gasteiger partial charge in [-0.1, -0.05) is 89.8 Å². The van der Waals surface area contributed by atoms with Crippen LogP contribution >= 0.6 is 0 Å². The molecular weight excluding hydrogens is 772 g/mol. The molecule has 1 nitrogen and oxygen atoms in total. The predicted octanol–water partition coefficient (Wildman–Crippen LogP) is -12.8. The van der Waals surface area contributed by atoms with Crippen LogP contribution in [0.2, 0.25) is 0 Å². The highest BCUT2D eigenvalue weighted by Crippen LogP contribution is 2.41. The van der Waals surface area contributed by atoms with E-state index in [0.29, 0.717) is 22.3 Å². The summed E-state index contributed by atoms with van der Waals surface area (Å²) in [7, 11) is 143. The van der Waals surface area contributed by atoms with Crippen LogP contribution in [0.25, 0.3) is 88.0 Å². The minimum atomic E-state index is -0.195. The third-order valence-corrected chi connectivity index (χ3v) is 12.8. The van der Waals surface area contributed by atoms with Crippen molar-refractivity contribution >= 4 is 323 Å². The molecule has 0 amide bonds. The summed E-state index contributed by atoms with van der Waals surface area (Å²) in [5.74, 6) is 0. The molecule has 1 heterocycles. The maximum absolute atomic E-state index is 7.13. The molecular formula is C44H7B21O. The van der Waals surface area contributed by atoms with Crippen molar-refractivity contribution in [1.29, 1.82) is 0 Å². The van der Waals surface area contributed by atoms with E-state index in [2.05, 4.69) is 0 Å². The highest BCUT2D eigenvalue weighted by atomic mass is 16.3. The van der Waals surface area contributed by atoms with Crippen LogP contribution in [-0.2, 0) is 0 Å². The van der Waals surface area contributed by atoms with Crippen LogP contribution in [0.1, 0.15) is 0 Å². The Kier molecular flexibility index (Phi) is 11.5. The zero-order chi connectivity index (χ0) is 48.0. The number of furan rings is 1. The summed E-state index contributed by atoms with van der Waals surface area (Å²) in [4.78, 5) is 0. The monoisotopic (exact) mass is 782 g/mol. The van der Waals surface area contributed by atoms with Gasteiger partial charge in [0.25, 0.3) is 0 Å². The van der Waals surface area contributed by atoms with E-state index < -0.39 is 0 Å². The van der Waals surface area contributed by atoms with Gasteiger partial charge in [-0.2, -0.15) is 0 Å². The Labute approximate surface area is 411 Å². The molecule has 0 saturated carbocycles. The van der Waals surface area contributed by atoms with Crippen LogP contribution in [0, 0.1) is 0 Å². The van der Waals surface area contributed by atoms with Gasteiger partial charge in [0.2, 0.25) is 0 Å². The van der Waals surface area contributed by atoms with Crippen LogP contribution in [-0.4, -0.2) is 165 Å². The van der Waals surface area contributed by atoms with Crippen molar-refractivity contribution in [1.82, 2.24) is 0 Å². The molecule has 0 unspecified atom stereocenters. The Bertz CT molecular complexity index is 3590. The van der Waals surface area contributed by atoms with Gasteiger partial charge in [0.05, 0.1) is 0 Å². The Morgan fingerprint density at radius 1 is 0.227 bits per heavy atom. The average Bonchev–Trinajstić information content (AvgIpc) is 3.68. The average molecular weight is 779 g/mol. The molecule has 0 atom stereocenters. The van der Waals surface area contributed by atoms with Crippen LogP contribution in [0.4, 0.5) is 0 Å². The van der Waals surface area contributed by atoms with Crippen LogP contribution < -0.4 is 115 Å². The highest BCUT2D eigenvalue weighted by Gasteiger charge is 2.30. The van der Waals surface area contributed by atoms with E-state index >= 15 is 0 Å². The van der Waals surface area contributed by atoms with Gasteiger partial charge in [-0.3, -0.25) is 0 Å². The molecule has 0 spiro atoms. The van der Waals surface area contributed by atoms with Crippen molar-refractivity contribution in [2.45, 2.75) is 0 Å². The summed E-state index contributed by atoms with van der Waals surface area (Å²) in [6.45, 7) is 0. The Morgan fingerprint density at radius 3 is 0.955 bits per heavy atom. The number of benzene rings is 8. The minimum absolute atomic E-state index is 0.0116. The molecule has 0 fully saturated rings. The second-order valence-corrected chi connectivity index (χ2v) is 16.1. The predicted molar refractivity (Wildman–Crippen MR) is 304 cm³/mol. The quantitative estimate of drug-likeness (QED) is 0.128. The van der Waals surface area contributed by atoms with Crippen molar-refractivity contribution < 1.29 is 4.42 Å². The standard InChI is InChI=1S/C44H7B21O/c45-24-13(8-5-6-10-9-3-1-2-4-11(9)66-12(10)7-8)25(46)33(54)22(32(24)53)15-19-16(26(47)36(57)39(60)29(19)50)14(17-20(15)30(51)40(61)37(58)27(17)48)18-21(31(52)41(62)38(59)28(18)49)23-34(55)42(63)44(65)43(64)35(23)56/h1-7H. The smallest absolute Gasteiger partial charge is 0.136 e. The minimum Gasteiger partial charge on any atom is -0.456 e. The fourth-order valence-corrected chi connectivity index (χ4v) is 9.20. The highest BCUT2D eigenvalue weighted by molar-refractivity contribution is 6.75. The van der Waals surface area contributed by atoms with Gasteiger partial charge in [-0.15, -0.1) is 49.2 Å². The third-order valence-electron chi connectivity index (χ3n) is 12.8. The summed E-state index contributed by atoms with van der Waals surface area (Å²) in [6.07, 6.45) is 0. The maximum Gasteiger partial charge on any atom is 0.136 e.